The lowest BCUT2D eigenvalue weighted by atomic mass is 9.84. The first kappa shape index (κ1) is 86.2. The number of aliphatic hydroxyl groups is 10. The third kappa shape index (κ3) is 35.3. The zero-order valence-corrected chi connectivity index (χ0v) is 58.4. The SMILES string of the molecule is CCCCCCCCCCCCCCCCC(=O)OCC1OC(OC2C(O)C(O)C(O)C(OC3OC(CO)C(O)C(O)C3O)C2OP(=O)(O)OCC(COC(=O)CCCCCCCCCCCCCC)OC(=O)CCCCCCCCCCCCCCC)C(O)C(O)C1O. The summed E-state index contributed by atoms with van der Waals surface area (Å²) in [5, 5.41) is 110. The molecule has 3 rings (SSSR count). The van der Waals surface area contributed by atoms with E-state index in [4.69, 9.17) is 42.2 Å². The van der Waals surface area contributed by atoms with E-state index in [2.05, 4.69) is 20.8 Å². The van der Waals surface area contributed by atoms with Gasteiger partial charge < -0.3 is 89.1 Å². The summed E-state index contributed by atoms with van der Waals surface area (Å²) < 4.78 is 64.9. The fraction of sp³-hybridized carbons (Fsp3) is 0.957. The second-order valence-electron chi connectivity index (χ2n) is 26.7. The molecule has 18 atom stereocenters. The van der Waals surface area contributed by atoms with E-state index in [0.717, 1.165) is 96.3 Å². The van der Waals surface area contributed by atoms with Crippen molar-refractivity contribution in [3.8, 4) is 0 Å². The topological polar surface area (TPSA) is 374 Å². The van der Waals surface area contributed by atoms with Crippen LogP contribution in [-0.4, -0.2) is 204 Å². The predicted octanol–water partition coefficient (Wildman–Crippen LogP) is 9.40. The summed E-state index contributed by atoms with van der Waals surface area (Å²) >= 11 is 0. The van der Waals surface area contributed by atoms with Crippen molar-refractivity contribution in [2.45, 2.75) is 395 Å². The average Bonchev–Trinajstić information content (AvgIpc) is 0.788. The third-order valence-electron chi connectivity index (χ3n) is 18.4. The number of hydrogen-bond donors (Lipinski definition) is 11. The molecule has 3 aliphatic rings. The molecule has 0 bridgehead atoms. The van der Waals surface area contributed by atoms with Gasteiger partial charge in [-0.2, -0.15) is 0 Å². The Hall–Kier alpha value is -2.04. The van der Waals surface area contributed by atoms with Crippen LogP contribution in [-0.2, 0) is 61.2 Å². The molecule has 0 spiro atoms. The Bertz CT molecular complexity index is 1960. The maximum atomic E-state index is 14.3. The van der Waals surface area contributed by atoms with Crippen LogP contribution in [0.3, 0.4) is 0 Å². The van der Waals surface area contributed by atoms with E-state index in [1.165, 1.54) is 135 Å². The minimum Gasteiger partial charge on any atom is -0.463 e. The van der Waals surface area contributed by atoms with Crippen molar-refractivity contribution < 1.29 is 117 Å². The molecule has 0 aromatic rings. The molecule has 0 radical (unpaired) electrons. The number of carbonyl (C=O) groups excluding carboxylic acids is 3. The van der Waals surface area contributed by atoms with Crippen LogP contribution in [0.25, 0.3) is 0 Å². The highest BCUT2D eigenvalue weighted by molar-refractivity contribution is 7.47. The van der Waals surface area contributed by atoms with E-state index < -0.39 is 156 Å². The van der Waals surface area contributed by atoms with Crippen molar-refractivity contribution >= 4 is 25.7 Å². The lowest BCUT2D eigenvalue weighted by molar-refractivity contribution is -0.360. The van der Waals surface area contributed by atoms with Gasteiger partial charge in [0.2, 0.25) is 0 Å². The molecule has 24 nitrogen and oxygen atoms in total. The number of aliphatic hydroxyl groups excluding tert-OH is 10. The number of rotatable bonds is 57. The van der Waals surface area contributed by atoms with E-state index in [9.17, 15) is 74.9 Å². The van der Waals surface area contributed by atoms with Crippen LogP contribution in [0.4, 0.5) is 0 Å². The summed E-state index contributed by atoms with van der Waals surface area (Å²) in [6.45, 7) is 3.44. The van der Waals surface area contributed by atoms with Gasteiger partial charge in [0.25, 0.3) is 0 Å². The van der Waals surface area contributed by atoms with Crippen molar-refractivity contribution in [2.75, 3.05) is 26.4 Å². The Kier molecular flexibility index (Phi) is 47.7. The number of phosphoric ester groups is 1. The molecule has 3 fully saturated rings. The van der Waals surface area contributed by atoms with Crippen LogP contribution in [0, 0.1) is 0 Å². The van der Waals surface area contributed by atoms with Gasteiger partial charge in [-0.05, 0) is 19.3 Å². The molecular weight excluding hydrogens is 1240 g/mol. The smallest absolute Gasteiger partial charge is 0.463 e. The first-order valence-electron chi connectivity index (χ1n) is 36.8. The molecular formula is C69H129O24P. The van der Waals surface area contributed by atoms with E-state index in [1.807, 2.05) is 0 Å². The maximum Gasteiger partial charge on any atom is 0.472 e. The van der Waals surface area contributed by atoms with Crippen molar-refractivity contribution in [1.29, 1.82) is 0 Å². The largest absolute Gasteiger partial charge is 0.472 e. The van der Waals surface area contributed by atoms with E-state index in [1.54, 1.807) is 0 Å². The number of phosphoric acid groups is 1. The first-order chi connectivity index (χ1) is 45.3. The van der Waals surface area contributed by atoms with Crippen molar-refractivity contribution in [3.05, 3.63) is 0 Å². The Labute approximate surface area is 561 Å². The number of esters is 3. The molecule has 2 saturated heterocycles. The lowest BCUT2D eigenvalue weighted by Crippen LogP contribution is -2.69. The van der Waals surface area contributed by atoms with Gasteiger partial charge in [-0.15, -0.1) is 0 Å². The molecule has 25 heteroatoms. The normalized spacial score (nSPS) is 28.2. The van der Waals surface area contributed by atoms with Crippen molar-refractivity contribution in [3.63, 3.8) is 0 Å². The fourth-order valence-electron chi connectivity index (χ4n) is 12.3. The zero-order chi connectivity index (χ0) is 68.9. The Morgan fingerprint density at radius 2 is 0.681 bits per heavy atom. The molecule has 0 amide bonds. The average molecular weight is 1370 g/mol. The van der Waals surface area contributed by atoms with Crippen LogP contribution < -0.4 is 0 Å². The van der Waals surface area contributed by atoms with Crippen LogP contribution in [0.1, 0.15) is 290 Å². The summed E-state index contributed by atoms with van der Waals surface area (Å²) in [6.07, 6.45) is 7.55. The second kappa shape index (κ2) is 52.0. The molecule has 2 heterocycles. The maximum absolute atomic E-state index is 14.3. The number of hydrogen-bond acceptors (Lipinski definition) is 23. The van der Waals surface area contributed by atoms with Gasteiger partial charge >= 0.3 is 25.7 Å². The summed E-state index contributed by atoms with van der Waals surface area (Å²) in [5.74, 6) is -1.98. The molecule has 94 heavy (non-hydrogen) atoms. The van der Waals surface area contributed by atoms with Crippen LogP contribution in [0.2, 0.25) is 0 Å². The summed E-state index contributed by atoms with van der Waals surface area (Å²) in [7, 11) is -5.69. The molecule has 0 aromatic carbocycles. The highest BCUT2D eigenvalue weighted by Crippen LogP contribution is 2.49. The Morgan fingerprint density at radius 1 is 0.372 bits per heavy atom. The number of ether oxygens (including phenoxy) is 7. The number of carbonyl (C=O) groups is 3. The van der Waals surface area contributed by atoms with E-state index in [0.29, 0.717) is 19.3 Å². The number of unbranched alkanes of at least 4 members (excludes halogenated alkanes) is 36. The summed E-state index contributed by atoms with van der Waals surface area (Å²) in [6, 6.07) is 0. The molecule has 2 aliphatic heterocycles. The molecule has 0 aromatic heterocycles. The predicted molar refractivity (Wildman–Crippen MR) is 352 cm³/mol. The Balaban J connectivity index is 1.74. The van der Waals surface area contributed by atoms with Gasteiger partial charge in [0, 0.05) is 19.3 Å². The van der Waals surface area contributed by atoms with E-state index in [-0.39, 0.29) is 19.3 Å². The molecule has 1 saturated carbocycles. The second-order valence-corrected chi connectivity index (χ2v) is 28.1. The highest BCUT2D eigenvalue weighted by Gasteiger charge is 2.58. The monoisotopic (exact) mass is 1370 g/mol. The standard InChI is InChI=1S/C69H129O24P/c1-4-7-10-13-16-19-22-25-27-29-32-35-38-41-44-54(72)86-49-52-57(75)59(77)64(82)69(90-52)92-66-62(80)60(78)61(79)65(91-68-63(81)58(76)56(74)51(46-70)89-68)67(66)93-94(83,84)87-48-50(47-85-53(71)43-40-37-34-31-28-24-21-18-15-12-9-6-3)88-55(73)45-42-39-36-33-30-26-23-20-17-14-11-8-5-2/h50-52,56-70,74-82H,4-49H2,1-3H3,(H,83,84). The summed E-state index contributed by atoms with van der Waals surface area (Å²) in [4.78, 5) is 50.9. The zero-order valence-electron chi connectivity index (χ0n) is 57.5. The van der Waals surface area contributed by atoms with Gasteiger partial charge in [-0.3, -0.25) is 23.4 Å². The highest BCUT2D eigenvalue weighted by atomic mass is 31.2. The van der Waals surface area contributed by atoms with Crippen molar-refractivity contribution in [2.24, 2.45) is 0 Å². The lowest BCUT2D eigenvalue weighted by Gasteiger charge is -2.49. The fourth-order valence-corrected chi connectivity index (χ4v) is 13.3. The third-order valence-corrected chi connectivity index (χ3v) is 19.4. The van der Waals surface area contributed by atoms with Gasteiger partial charge in [-0.25, -0.2) is 4.57 Å². The van der Waals surface area contributed by atoms with Gasteiger partial charge in [-0.1, -0.05) is 252 Å². The van der Waals surface area contributed by atoms with E-state index >= 15 is 0 Å². The first-order valence-corrected chi connectivity index (χ1v) is 38.3. The van der Waals surface area contributed by atoms with Crippen LogP contribution in [0.5, 0.6) is 0 Å². The van der Waals surface area contributed by atoms with Gasteiger partial charge in [0.1, 0.15) is 98.7 Å². The van der Waals surface area contributed by atoms with Crippen molar-refractivity contribution in [1.82, 2.24) is 0 Å². The van der Waals surface area contributed by atoms with Gasteiger partial charge in [0.15, 0.2) is 18.7 Å². The summed E-state index contributed by atoms with van der Waals surface area (Å²) in [5.41, 5.74) is 0. The minimum absolute atomic E-state index is 0.0336. The van der Waals surface area contributed by atoms with Gasteiger partial charge in [0.05, 0.1) is 13.2 Å². The molecule has 11 N–H and O–H groups in total. The molecule has 18 unspecified atom stereocenters. The molecule has 554 valence electrons. The minimum atomic E-state index is -5.69. The quantitative estimate of drug-likeness (QED) is 0.0117. The van der Waals surface area contributed by atoms with Crippen LogP contribution in [0.15, 0.2) is 0 Å². The molecule has 1 aliphatic carbocycles. The Morgan fingerprint density at radius 3 is 1.04 bits per heavy atom. The van der Waals surface area contributed by atoms with Crippen LogP contribution >= 0.6 is 7.82 Å².